The van der Waals surface area contributed by atoms with Gasteiger partial charge in [0, 0.05) is 4.88 Å². The number of aryl methyl sites for hydroxylation is 1. The molecule has 4 heteroatoms. The molecule has 2 aromatic rings. The van der Waals surface area contributed by atoms with Crippen molar-refractivity contribution < 1.29 is 9.53 Å². The van der Waals surface area contributed by atoms with Crippen molar-refractivity contribution >= 4 is 23.0 Å². The minimum atomic E-state index is -0.342. The molecule has 1 aromatic carbocycles. The molecular weight excluding hydrogens is 258 g/mol. The minimum Gasteiger partial charge on any atom is -0.462 e. The molecule has 0 bridgehead atoms. The van der Waals surface area contributed by atoms with E-state index in [2.05, 4.69) is 19.1 Å². The molecule has 0 amide bonds. The average Bonchev–Trinajstić information content (AvgIpc) is 2.81. The van der Waals surface area contributed by atoms with Crippen LogP contribution in [0.4, 0.5) is 5.69 Å². The lowest BCUT2D eigenvalue weighted by Gasteiger charge is -2.04. The second-order valence-electron chi connectivity index (χ2n) is 4.13. The molecule has 0 atom stereocenters. The summed E-state index contributed by atoms with van der Waals surface area (Å²) in [4.78, 5) is 13.3. The first-order chi connectivity index (χ1) is 9.17. The number of anilines is 1. The standard InChI is InChI=1S/C15H17NO2S/c1-3-10-7-5-6-8-11(10)13-9-12(16)14(19-13)15(17)18-4-2/h5-9H,3-4,16H2,1-2H3. The van der Waals surface area contributed by atoms with E-state index in [0.29, 0.717) is 17.2 Å². The summed E-state index contributed by atoms with van der Waals surface area (Å²) in [6.45, 7) is 4.26. The van der Waals surface area contributed by atoms with Gasteiger partial charge in [0.05, 0.1) is 12.3 Å². The molecule has 19 heavy (non-hydrogen) atoms. The second kappa shape index (κ2) is 5.89. The quantitative estimate of drug-likeness (QED) is 0.865. The minimum absolute atomic E-state index is 0.342. The van der Waals surface area contributed by atoms with Crippen LogP contribution in [0, 0.1) is 0 Å². The fraction of sp³-hybridized carbons (Fsp3) is 0.267. The van der Waals surface area contributed by atoms with E-state index in [0.717, 1.165) is 16.9 Å². The van der Waals surface area contributed by atoms with Crippen molar-refractivity contribution in [2.75, 3.05) is 12.3 Å². The number of rotatable bonds is 4. The summed E-state index contributed by atoms with van der Waals surface area (Å²) in [5.41, 5.74) is 8.79. The van der Waals surface area contributed by atoms with Crippen LogP contribution in [0.1, 0.15) is 29.1 Å². The van der Waals surface area contributed by atoms with Crippen molar-refractivity contribution in [2.24, 2.45) is 0 Å². The van der Waals surface area contributed by atoms with Crippen LogP contribution in [0.2, 0.25) is 0 Å². The van der Waals surface area contributed by atoms with E-state index in [9.17, 15) is 4.79 Å². The molecule has 0 saturated carbocycles. The van der Waals surface area contributed by atoms with Gasteiger partial charge in [0.1, 0.15) is 4.88 Å². The fourth-order valence-corrected chi connectivity index (χ4v) is 3.00. The molecule has 100 valence electrons. The Kier molecular flexibility index (Phi) is 4.22. The number of ether oxygens (including phenoxy) is 1. The SMILES string of the molecule is CCOC(=O)c1sc(-c2ccccc2CC)cc1N. The van der Waals surface area contributed by atoms with Crippen LogP contribution < -0.4 is 5.73 Å². The van der Waals surface area contributed by atoms with Gasteiger partial charge in [0.25, 0.3) is 0 Å². The van der Waals surface area contributed by atoms with Gasteiger partial charge in [-0.2, -0.15) is 0 Å². The first-order valence-electron chi connectivity index (χ1n) is 6.32. The monoisotopic (exact) mass is 275 g/mol. The van der Waals surface area contributed by atoms with Crippen molar-refractivity contribution in [2.45, 2.75) is 20.3 Å². The van der Waals surface area contributed by atoms with Crippen molar-refractivity contribution in [1.29, 1.82) is 0 Å². The number of benzene rings is 1. The van der Waals surface area contributed by atoms with Crippen molar-refractivity contribution in [3.05, 3.63) is 40.8 Å². The molecule has 0 aliphatic carbocycles. The number of carbonyl (C=O) groups is 1. The fourth-order valence-electron chi connectivity index (χ4n) is 1.96. The molecule has 0 spiro atoms. The summed E-state index contributed by atoms with van der Waals surface area (Å²) in [6.07, 6.45) is 0.947. The van der Waals surface area contributed by atoms with E-state index in [1.54, 1.807) is 6.92 Å². The maximum Gasteiger partial charge on any atom is 0.350 e. The van der Waals surface area contributed by atoms with E-state index < -0.39 is 0 Å². The smallest absolute Gasteiger partial charge is 0.350 e. The van der Waals surface area contributed by atoms with Crippen LogP contribution in [-0.2, 0) is 11.2 Å². The highest BCUT2D eigenvalue weighted by atomic mass is 32.1. The van der Waals surface area contributed by atoms with Gasteiger partial charge in [-0.25, -0.2) is 4.79 Å². The van der Waals surface area contributed by atoms with Crippen LogP contribution in [0.15, 0.2) is 30.3 Å². The largest absolute Gasteiger partial charge is 0.462 e. The summed E-state index contributed by atoms with van der Waals surface area (Å²) in [5.74, 6) is -0.342. The zero-order valence-electron chi connectivity index (χ0n) is 11.1. The zero-order chi connectivity index (χ0) is 13.8. The number of carbonyl (C=O) groups excluding carboxylic acids is 1. The third-order valence-electron chi connectivity index (χ3n) is 2.89. The summed E-state index contributed by atoms with van der Waals surface area (Å²) in [5, 5.41) is 0. The van der Waals surface area contributed by atoms with Crippen LogP contribution >= 0.6 is 11.3 Å². The first kappa shape index (κ1) is 13.6. The molecule has 2 N–H and O–H groups in total. The summed E-state index contributed by atoms with van der Waals surface area (Å²) in [6, 6.07) is 10.0. The lowest BCUT2D eigenvalue weighted by Crippen LogP contribution is -2.04. The summed E-state index contributed by atoms with van der Waals surface area (Å²) < 4.78 is 5.01. The van der Waals surface area contributed by atoms with Gasteiger partial charge in [-0.15, -0.1) is 11.3 Å². The molecule has 3 nitrogen and oxygen atoms in total. The molecule has 0 fully saturated rings. The number of hydrogen-bond acceptors (Lipinski definition) is 4. The maximum absolute atomic E-state index is 11.8. The number of nitrogens with two attached hydrogens (primary N) is 1. The Morgan fingerprint density at radius 1 is 1.32 bits per heavy atom. The Morgan fingerprint density at radius 2 is 2.05 bits per heavy atom. The van der Waals surface area contributed by atoms with E-state index in [1.807, 2.05) is 18.2 Å². The van der Waals surface area contributed by atoms with Gasteiger partial charge in [0.2, 0.25) is 0 Å². The average molecular weight is 275 g/mol. The molecule has 0 saturated heterocycles. The highest BCUT2D eigenvalue weighted by Crippen LogP contribution is 2.35. The predicted molar refractivity (Wildman–Crippen MR) is 79.5 cm³/mol. The van der Waals surface area contributed by atoms with Crippen LogP contribution in [0.3, 0.4) is 0 Å². The highest BCUT2D eigenvalue weighted by Gasteiger charge is 2.17. The lowest BCUT2D eigenvalue weighted by molar-refractivity contribution is 0.0533. The van der Waals surface area contributed by atoms with E-state index >= 15 is 0 Å². The number of hydrogen-bond donors (Lipinski definition) is 1. The Labute approximate surface area is 117 Å². The molecule has 0 unspecified atom stereocenters. The number of nitrogen functional groups attached to an aromatic ring is 1. The van der Waals surface area contributed by atoms with Crippen LogP contribution in [0.5, 0.6) is 0 Å². The van der Waals surface area contributed by atoms with Gasteiger partial charge >= 0.3 is 5.97 Å². The molecule has 0 aliphatic rings. The highest BCUT2D eigenvalue weighted by molar-refractivity contribution is 7.18. The Balaban J connectivity index is 2.42. The molecule has 1 heterocycles. The maximum atomic E-state index is 11.8. The van der Waals surface area contributed by atoms with Gasteiger partial charge in [0.15, 0.2) is 0 Å². The summed E-state index contributed by atoms with van der Waals surface area (Å²) in [7, 11) is 0. The van der Waals surface area contributed by atoms with Gasteiger partial charge in [-0.1, -0.05) is 31.2 Å². The molecule has 1 aromatic heterocycles. The third kappa shape index (κ3) is 2.79. The van der Waals surface area contributed by atoms with Crippen LogP contribution in [0.25, 0.3) is 10.4 Å². The Hall–Kier alpha value is -1.81. The topological polar surface area (TPSA) is 52.3 Å². The van der Waals surface area contributed by atoms with E-state index in [-0.39, 0.29) is 5.97 Å². The van der Waals surface area contributed by atoms with Crippen molar-refractivity contribution in [3.63, 3.8) is 0 Å². The molecule has 0 aliphatic heterocycles. The first-order valence-corrected chi connectivity index (χ1v) is 7.13. The van der Waals surface area contributed by atoms with E-state index in [4.69, 9.17) is 10.5 Å². The number of esters is 1. The van der Waals surface area contributed by atoms with Crippen molar-refractivity contribution in [1.82, 2.24) is 0 Å². The Bertz CT molecular complexity index is 590. The third-order valence-corrected chi connectivity index (χ3v) is 4.05. The zero-order valence-corrected chi connectivity index (χ0v) is 11.9. The second-order valence-corrected chi connectivity index (χ2v) is 5.18. The molecule has 0 radical (unpaired) electrons. The summed E-state index contributed by atoms with van der Waals surface area (Å²) >= 11 is 1.39. The van der Waals surface area contributed by atoms with Gasteiger partial charge in [-0.05, 0) is 30.5 Å². The van der Waals surface area contributed by atoms with Crippen LogP contribution in [-0.4, -0.2) is 12.6 Å². The van der Waals surface area contributed by atoms with Gasteiger partial charge in [-0.3, -0.25) is 0 Å². The van der Waals surface area contributed by atoms with Gasteiger partial charge < -0.3 is 10.5 Å². The number of thiophene rings is 1. The van der Waals surface area contributed by atoms with Crippen molar-refractivity contribution in [3.8, 4) is 10.4 Å². The normalized spacial score (nSPS) is 10.4. The lowest BCUT2D eigenvalue weighted by atomic mass is 10.0. The molecule has 2 rings (SSSR count). The molecular formula is C15H17NO2S. The Morgan fingerprint density at radius 3 is 2.74 bits per heavy atom. The van der Waals surface area contributed by atoms with E-state index in [1.165, 1.54) is 16.9 Å². The predicted octanol–water partition coefficient (Wildman–Crippen LogP) is 3.74.